The minimum absolute atomic E-state index is 0.0363. The molecule has 0 unspecified atom stereocenters. The number of carbonyl (C=O) groups is 1. The summed E-state index contributed by atoms with van der Waals surface area (Å²) in [5.41, 5.74) is 5.75. The van der Waals surface area contributed by atoms with Crippen LogP contribution in [0, 0.1) is 5.92 Å². The standard InChI is InChI=1S/C11H16N2O4S/c1-6(2)10(14)9-7(12)5-8(18(4,15)16)11(13-9)17-3/h5-6H,12H2,1-4H3. The van der Waals surface area contributed by atoms with Crippen LogP contribution in [0.4, 0.5) is 5.69 Å². The van der Waals surface area contributed by atoms with Crippen LogP contribution >= 0.6 is 0 Å². The predicted molar refractivity (Wildman–Crippen MR) is 67.5 cm³/mol. The van der Waals surface area contributed by atoms with Crippen molar-refractivity contribution < 1.29 is 17.9 Å². The fourth-order valence-electron chi connectivity index (χ4n) is 1.38. The van der Waals surface area contributed by atoms with E-state index in [1.165, 1.54) is 13.2 Å². The Labute approximate surface area is 106 Å². The number of rotatable bonds is 4. The van der Waals surface area contributed by atoms with Crippen molar-refractivity contribution >= 4 is 21.3 Å². The topological polar surface area (TPSA) is 99.3 Å². The first-order valence-electron chi connectivity index (χ1n) is 5.27. The third-order valence-electron chi connectivity index (χ3n) is 2.33. The second-order valence-corrected chi connectivity index (χ2v) is 6.21. The lowest BCUT2D eigenvalue weighted by atomic mass is 10.0. The molecule has 1 rings (SSSR count). The van der Waals surface area contributed by atoms with Gasteiger partial charge in [-0.15, -0.1) is 0 Å². The lowest BCUT2D eigenvalue weighted by Crippen LogP contribution is -2.15. The van der Waals surface area contributed by atoms with Crippen molar-refractivity contribution in [1.29, 1.82) is 0 Å². The molecule has 0 aliphatic carbocycles. The zero-order valence-electron chi connectivity index (χ0n) is 10.7. The first-order valence-corrected chi connectivity index (χ1v) is 7.16. The second-order valence-electron chi connectivity index (χ2n) is 4.22. The Balaban J connectivity index is 3.50. The SMILES string of the molecule is COc1nc(C(=O)C(C)C)c(N)cc1S(C)(=O)=O. The highest BCUT2D eigenvalue weighted by Gasteiger charge is 2.23. The van der Waals surface area contributed by atoms with Crippen LogP contribution in [-0.2, 0) is 9.84 Å². The maximum atomic E-state index is 11.8. The number of hydrogen-bond donors (Lipinski definition) is 1. The smallest absolute Gasteiger partial charge is 0.233 e. The van der Waals surface area contributed by atoms with E-state index in [-0.39, 0.29) is 33.9 Å². The van der Waals surface area contributed by atoms with E-state index in [1.54, 1.807) is 13.8 Å². The molecular weight excluding hydrogens is 256 g/mol. The fourth-order valence-corrected chi connectivity index (χ4v) is 2.16. The molecule has 0 fully saturated rings. The molecule has 18 heavy (non-hydrogen) atoms. The van der Waals surface area contributed by atoms with Crippen LogP contribution in [0.25, 0.3) is 0 Å². The fraction of sp³-hybridized carbons (Fsp3) is 0.455. The molecule has 1 heterocycles. The highest BCUT2D eigenvalue weighted by Crippen LogP contribution is 2.27. The number of nitrogen functional groups attached to an aromatic ring is 1. The summed E-state index contributed by atoms with van der Waals surface area (Å²) in [4.78, 5) is 15.6. The molecule has 7 heteroatoms. The summed E-state index contributed by atoms with van der Waals surface area (Å²) in [6.45, 7) is 3.42. The van der Waals surface area contributed by atoms with Crippen molar-refractivity contribution in [1.82, 2.24) is 4.98 Å². The maximum absolute atomic E-state index is 11.8. The van der Waals surface area contributed by atoms with Crippen molar-refractivity contribution in [2.75, 3.05) is 19.1 Å². The summed E-state index contributed by atoms with van der Waals surface area (Å²) < 4.78 is 27.9. The lowest BCUT2D eigenvalue weighted by Gasteiger charge is -2.11. The van der Waals surface area contributed by atoms with Gasteiger partial charge < -0.3 is 10.5 Å². The van der Waals surface area contributed by atoms with E-state index in [4.69, 9.17) is 10.5 Å². The third-order valence-corrected chi connectivity index (χ3v) is 3.43. The maximum Gasteiger partial charge on any atom is 0.233 e. The Bertz CT molecular complexity index is 579. The molecule has 0 saturated carbocycles. The first kappa shape index (κ1) is 14.4. The number of sulfone groups is 1. The number of anilines is 1. The summed E-state index contributed by atoms with van der Waals surface area (Å²) in [5, 5.41) is 0. The van der Waals surface area contributed by atoms with Gasteiger partial charge in [0.25, 0.3) is 0 Å². The Morgan fingerprint density at radius 2 is 2.00 bits per heavy atom. The molecule has 0 saturated heterocycles. The van der Waals surface area contributed by atoms with E-state index >= 15 is 0 Å². The van der Waals surface area contributed by atoms with Crippen molar-refractivity contribution in [2.45, 2.75) is 18.7 Å². The van der Waals surface area contributed by atoms with Crippen LogP contribution < -0.4 is 10.5 Å². The Morgan fingerprint density at radius 1 is 1.44 bits per heavy atom. The van der Waals surface area contributed by atoms with E-state index in [2.05, 4.69) is 4.98 Å². The van der Waals surface area contributed by atoms with Crippen molar-refractivity contribution in [3.05, 3.63) is 11.8 Å². The van der Waals surface area contributed by atoms with Crippen LogP contribution in [0.3, 0.4) is 0 Å². The van der Waals surface area contributed by atoms with E-state index < -0.39 is 9.84 Å². The van der Waals surface area contributed by atoms with Gasteiger partial charge in [-0.3, -0.25) is 4.79 Å². The van der Waals surface area contributed by atoms with Gasteiger partial charge in [0, 0.05) is 12.2 Å². The quantitative estimate of drug-likeness (QED) is 0.818. The molecule has 100 valence electrons. The van der Waals surface area contributed by atoms with Gasteiger partial charge in [-0.1, -0.05) is 13.8 Å². The molecule has 6 nitrogen and oxygen atoms in total. The highest BCUT2D eigenvalue weighted by atomic mass is 32.2. The van der Waals surface area contributed by atoms with E-state index in [1.807, 2.05) is 0 Å². The summed E-state index contributed by atoms with van der Waals surface area (Å²) in [6, 6.07) is 1.21. The lowest BCUT2D eigenvalue weighted by molar-refractivity contribution is 0.0934. The van der Waals surface area contributed by atoms with Gasteiger partial charge in [0.05, 0.1) is 12.8 Å². The Hall–Kier alpha value is -1.63. The molecule has 0 aliphatic heterocycles. The van der Waals surface area contributed by atoms with Gasteiger partial charge in [0.15, 0.2) is 15.6 Å². The van der Waals surface area contributed by atoms with Crippen molar-refractivity contribution in [3.63, 3.8) is 0 Å². The Kier molecular flexibility index (Phi) is 3.95. The molecule has 1 aromatic rings. The van der Waals surface area contributed by atoms with Crippen LogP contribution in [0.15, 0.2) is 11.0 Å². The number of hydrogen-bond acceptors (Lipinski definition) is 6. The van der Waals surface area contributed by atoms with E-state index in [9.17, 15) is 13.2 Å². The zero-order valence-corrected chi connectivity index (χ0v) is 11.5. The van der Waals surface area contributed by atoms with Gasteiger partial charge in [-0.25, -0.2) is 13.4 Å². The Morgan fingerprint density at radius 3 is 2.39 bits per heavy atom. The number of aromatic nitrogens is 1. The van der Waals surface area contributed by atoms with Crippen molar-refractivity contribution in [2.24, 2.45) is 5.92 Å². The molecular formula is C11H16N2O4S. The number of nitrogens with two attached hydrogens (primary N) is 1. The number of ether oxygens (including phenoxy) is 1. The van der Waals surface area contributed by atoms with Crippen LogP contribution in [0.1, 0.15) is 24.3 Å². The molecule has 0 amide bonds. The number of ketones is 1. The van der Waals surface area contributed by atoms with Crippen LogP contribution in [0.2, 0.25) is 0 Å². The van der Waals surface area contributed by atoms with Gasteiger partial charge in [0.1, 0.15) is 10.6 Å². The minimum Gasteiger partial charge on any atom is -0.480 e. The number of carbonyl (C=O) groups excluding carboxylic acids is 1. The largest absolute Gasteiger partial charge is 0.480 e. The number of nitrogens with zero attached hydrogens (tertiary/aromatic N) is 1. The molecule has 1 aromatic heterocycles. The van der Waals surface area contributed by atoms with Gasteiger partial charge in [0.2, 0.25) is 5.88 Å². The van der Waals surface area contributed by atoms with Gasteiger partial charge in [-0.2, -0.15) is 0 Å². The summed E-state index contributed by atoms with van der Waals surface area (Å²) in [6.07, 6.45) is 1.02. The average Bonchev–Trinajstić information content (AvgIpc) is 2.26. The first-order chi connectivity index (χ1) is 8.18. The molecule has 0 atom stereocenters. The molecule has 2 N–H and O–H groups in total. The van der Waals surface area contributed by atoms with Gasteiger partial charge >= 0.3 is 0 Å². The number of pyridine rings is 1. The second kappa shape index (κ2) is 4.93. The predicted octanol–water partition coefficient (Wildman–Crippen LogP) is 0.915. The minimum atomic E-state index is -3.51. The van der Waals surface area contributed by atoms with Crippen molar-refractivity contribution in [3.8, 4) is 5.88 Å². The molecule has 0 bridgehead atoms. The summed E-state index contributed by atoms with van der Waals surface area (Å²) >= 11 is 0. The molecule has 0 spiro atoms. The zero-order chi connectivity index (χ0) is 14.1. The monoisotopic (exact) mass is 272 g/mol. The van der Waals surface area contributed by atoms with Gasteiger partial charge in [-0.05, 0) is 6.07 Å². The van der Waals surface area contributed by atoms with Crippen LogP contribution in [-0.4, -0.2) is 32.6 Å². The van der Waals surface area contributed by atoms with Crippen LogP contribution in [0.5, 0.6) is 5.88 Å². The summed E-state index contributed by atoms with van der Waals surface area (Å²) in [7, 11) is -2.22. The number of methoxy groups -OCH3 is 1. The molecule has 0 aromatic carbocycles. The molecule has 0 radical (unpaired) electrons. The third kappa shape index (κ3) is 2.79. The van der Waals surface area contributed by atoms with E-state index in [0.717, 1.165) is 6.26 Å². The normalized spacial score (nSPS) is 11.6. The highest BCUT2D eigenvalue weighted by molar-refractivity contribution is 7.90. The van der Waals surface area contributed by atoms with E-state index in [0.29, 0.717) is 0 Å². The molecule has 0 aliphatic rings. The average molecular weight is 272 g/mol. The summed E-state index contributed by atoms with van der Waals surface area (Å²) in [5.74, 6) is -0.657. The number of Topliss-reactive ketones (excluding diaryl/α,β-unsaturated/α-hetero) is 1.